The monoisotopic (exact) mass is 263 g/mol. The van der Waals surface area contributed by atoms with Crippen LogP contribution in [0.3, 0.4) is 0 Å². The summed E-state index contributed by atoms with van der Waals surface area (Å²) in [7, 11) is 1.77. The second-order valence-corrected chi connectivity index (χ2v) is 4.18. The Morgan fingerprint density at radius 3 is 2.68 bits per heavy atom. The van der Waals surface area contributed by atoms with Gasteiger partial charge in [-0.1, -0.05) is 6.07 Å². The zero-order chi connectivity index (χ0) is 14.0. The first kappa shape index (κ1) is 13.2. The largest absolute Gasteiger partial charge is 0.320 e. The van der Waals surface area contributed by atoms with E-state index >= 15 is 0 Å². The van der Waals surface area contributed by atoms with Gasteiger partial charge in [-0.3, -0.25) is 24.6 Å². The van der Waals surface area contributed by atoms with Crippen LogP contribution in [0.25, 0.3) is 0 Å². The molecule has 0 bridgehead atoms. The number of rotatable bonds is 5. The number of carbonyl (C=O) groups excluding carboxylic acids is 2. The topological polar surface area (TPSA) is 92.6 Å². The Labute approximate surface area is 109 Å². The van der Waals surface area contributed by atoms with Gasteiger partial charge in [0.2, 0.25) is 0 Å². The van der Waals surface area contributed by atoms with Crippen LogP contribution >= 0.6 is 0 Å². The predicted molar refractivity (Wildman–Crippen MR) is 67.0 cm³/mol. The fourth-order valence-corrected chi connectivity index (χ4v) is 2.08. The molecular weight excluding hydrogens is 250 g/mol. The van der Waals surface area contributed by atoms with E-state index in [-0.39, 0.29) is 23.4 Å². The van der Waals surface area contributed by atoms with Gasteiger partial charge in [-0.05, 0) is 26.1 Å². The SMILES string of the molecule is CNCCCN1C(=O)c2cccc([N+](=O)[O-])c2C1=O. The Hall–Kier alpha value is -2.28. The number of benzene rings is 1. The lowest BCUT2D eigenvalue weighted by Crippen LogP contribution is -2.32. The normalized spacial score (nSPS) is 13.8. The standard InChI is InChI=1S/C12H13N3O4/c1-13-6-3-7-14-11(16)8-4-2-5-9(15(18)19)10(8)12(14)17/h2,4-5,13H,3,6-7H2,1H3. The molecule has 100 valence electrons. The van der Waals surface area contributed by atoms with Crippen molar-refractivity contribution in [1.29, 1.82) is 0 Å². The van der Waals surface area contributed by atoms with Gasteiger partial charge in [0.15, 0.2) is 0 Å². The number of carbonyl (C=O) groups is 2. The van der Waals surface area contributed by atoms with Gasteiger partial charge in [0, 0.05) is 12.6 Å². The predicted octanol–water partition coefficient (Wildman–Crippen LogP) is 0.800. The first-order chi connectivity index (χ1) is 9.07. The molecule has 7 heteroatoms. The summed E-state index contributed by atoms with van der Waals surface area (Å²) in [5, 5.41) is 13.8. The number of hydrogen-bond acceptors (Lipinski definition) is 5. The summed E-state index contributed by atoms with van der Waals surface area (Å²) in [6, 6.07) is 4.10. The second kappa shape index (κ2) is 5.15. The van der Waals surface area contributed by atoms with Crippen LogP contribution in [0.15, 0.2) is 18.2 Å². The van der Waals surface area contributed by atoms with Crippen LogP contribution in [0.2, 0.25) is 0 Å². The van der Waals surface area contributed by atoms with Gasteiger partial charge in [0.1, 0.15) is 5.56 Å². The van der Waals surface area contributed by atoms with E-state index in [1.807, 2.05) is 0 Å². The third kappa shape index (κ3) is 2.19. The number of nitrogens with one attached hydrogen (secondary N) is 1. The highest BCUT2D eigenvalue weighted by Gasteiger charge is 2.40. The van der Waals surface area contributed by atoms with Crippen LogP contribution in [0.5, 0.6) is 0 Å². The summed E-state index contributed by atoms with van der Waals surface area (Å²) in [5.41, 5.74) is -0.294. The van der Waals surface area contributed by atoms with Crippen LogP contribution in [0.4, 0.5) is 5.69 Å². The molecule has 1 aliphatic rings. The molecule has 0 saturated carbocycles. The fraction of sp³-hybridized carbons (Fsp3) is 0.333. The van der Waals surface area contributed by atoms with Crippen molar-refractivity contribution in [3.8, 4) is 0 Å². The molecule has 2 amide bonds. The van der Waals surface area contributed by atoms with E-state index in [1.165, 1.54) is 18.2 Å². The number of hydrogen-bond donors (Lipinski definition) is 1. The molecule has 1 aromatic rings. The second-order valence-electron chi connectivity index (χ2n) is 4.18. The summed E-state index contributed by atoms with van der Waals surface area (Å²) in [6.07, 6.45) is 0.607. The third-order valence-electron chi connectivity index (χ3n) is 2.98. The van der Waals surface area contributed by atoms with Crippen LogP contribution in [0, 0.1) is 10.1 Å². The molecular formula is C12H13N3O4. The summed E-state index contributed by atoms with van der Waals surface area (Å²) in [5.74, 6) is -1.04. The quantitative estimate of drug-likeness (QED) is 0.367. The van der Waals surface area contributed by atoms with Crippen molar-refractivity contribution in [2.75, 3.05) is 20.1 Å². The van der Waals surface area contributed by atoms with Crippen molar-refractivity contribution >= 4 is 17.5 Å². The highest BCUT2D eigenvalue weighted by Crippen LogP contribution is 2.30. The molecule has 2 rings (SSSR count). The maximum Gasteiger partial charge on any atom is 0.282 e. The van der Waals surface area contributed by atoms with Crippen molar-refractivity contribution < 1.29 is 14.5 Å². The molecule has 0 unspecified atom stereocenters. The van der Waals surface area contributed by atoms with E-state index in [0.717, 1.165) is 4.90 Å². The Balaban J connectivity index is 2.33. The third-order valence-corrected chi connectivity index (χ3v) is 2.98. The maximum atomic E-state index is 12.1. The van der Waals surface area contributed by atoms with E-state index in [9.17, 15) is 19.7 Å². The number of nitrogens with zero attached hydrogens (tertiary/aromatic N) is 2. The molecule has 1 aromatic carbocycles. The first-order valence-corrected chi connectivity index (χ1v) is 5.86. The average Bonchev–Trinajstić information content (AvgIpc) is 2.64. The van der Waals surface area contributed by atoms with Gasteiger partial charge in [0.25, 0.3) is 17.5 Å². The summed E-state index contributed by atoms with van der Waals surface area (Å²) in [4.78, 5) is 35.5. The van der Waals surface area contributed by atoms with Crippen molar-refractivity contribution in [2.45, 2.75) is 6.42 Å². The van der Waals surface area contributed by atoms with Crippen molar-refractivity contribution in [1.82, 2.24) is 10.2 Å². The van der Waals surface area contributed by atoms with Crippen LogP contribution < -0.4 is 5.32 Å². The Morgan fingerprint density at radius 2 is 2.05 bits per heavy atom. The highest BCUT2D eigenvalue weighted by molar-refractivity contribution is 6.23. The lowest BCUT2D eigenvalue weighted by atomic mass is 10.1. The van der Waals surface area contributed by atoms with Crippen molar-refractivity contribution in [3.63, 3.8) is 0 Å². The fourth-order valence-electron chi connectivity index (χ4n) is 2.08. The van der Waals surface area contributed by atoms with E-state index in [2.05, 4.69) is 5.32 Å². The van der Waals surface area contributed by atoms with E-state index in [0.29, 0.717) is 13.0 Å². The zero-order valence-corrected chi connectivity index (χ0v) is 10.4. The highest BCUT2D eigenvalue weighted by atomic mass is 16.6. The Bertz CT molecular complexity index is 556. The summed E-state index contributed by atoms with van der Waals surface area (Å²) in [6.45, 7) is 0.917. The number of amides is 2. The van der Waals surface area contributed by atoms with Gasteiger partial charge in [-0.2, -0.15) is 0 Å². The summed E-state index contributed by atoms with van der Waals surface area (Å²) >= 11 is 0. The minimum Gasteiger partial charge on any atom is -0.320 e. The van der Waals surface area contributed by atoms with Crippen molar-refractivity contribution in [2.24, 2.45) is 0 Å². The molecule has 0 spiro atoms. The molecule has 0 atom stereocenters. The molecule has 0 radical (unpaired) electrons. The molecule has 1 heterocycles. The molecule has 0 fully saturated rings. The molecule has 1 N–H and O–H groups in total. The smallest absolute Gasteiger partial charge is 0.282 e. The average molecular weight is 263 g/mol. The summed E-state index contributed by atoms with van der Waals surface area (Å²) < 4.78 is 0. The van der Waals surface area contributed by atoms with Gasteiger partial charge >= 0.3 is 0 Å². The molecule has 0 aromatic heterocycles. The Kier molecular flexibility index (Phi) is 3.57. The lowest BCUT2D eigenvalue weighted by Gasteiger charge is -2.12. The van der Waals surface area contributed by atoms with Crippen molar-refractivity contribution in [3.05, 3.63) is 39.4 Å². The zero-order valence-electron chi connectivity index (χ0n) is 10.4. The minimum atomic E-state index is -0.638. The van der Waals surface area contributed by atoms with Gasteiger partial charge in [-0.25, -0.2) is 0 Å². The van der Waals surface area contributed by atoms with Gasteiger partial charge in [-0.15, -0.1) is 0 Å². The van der Waals surface area contributed by atoms with E-state index in [4.69, 9.17) is 0 Å². The molecule has 0 saturated heterocycles. The molecule has 7 nitrogen and oxygen atoms in total. The number of imide groups is 1. The number of nitro benzene ring substituents is 1. The minimum absolute atomic E-state index is 0.0954. The Morgan fingerprint density at radius 1 is 1.32 bits per heavy atom. The van der Waals surface area contributed by atoms with E-state index < -0.39 is 16.7 Å². The van der Waals surface area contributed by atoms with Gasteiger partial charge in [0.05, 0.1) is 10.5 Å². The molecule has 0 aliphatic carbocycles. The van der Waals surface area contributed by atoms with Crippen LogP contribution in [0.1, 0.15) is 27.1 Å². The van der Waals surface area contributed by atoms with Crippen LogP contribution in [-0.4, -0.2) is 41.8 Å². The maximum absolute atomic E-state index is 12.1. The van der Waals surface area contributed by atoms with Gasteiger partial charge < -0.3 is 5.32 Å². The van der Waals surface area contributed by atoms with E-state index in [1.54, 1.807) is 7.05 Å². The number of nitro groups is 1. The first-order valence-electron chi connectivity index (χ1n) is 5.86. The molecule has 19 heavy (non-hydrogen) atoms. The van der Waals surface area contributed by atoms with Crippen LogP contribution in [-0.2, 0) is 0 Å². The number of fused-ring (bicyclic) bond motifs is 1. The molecule has 1 aliphatic heterocycles. The lowest BCUT2D eigenvalue weighted by molar-refractivity contribution is -0.385.